The minimum Gasteiger partial charge on any atom is -0.445 e. The number of halogens is 1. The van der Waals surface area contributed by atoms with E-state index in [4.69, 9.17) is 4.74 Å². The number of alkyl carbamates (subject to hydrolysis) is 1. The van der Waals surface area contributed by atoms with Gasteiger partial charge in [-0.25, -0.2) is 17.6 Å². The molecular formula is C29H26FN3O5S. The van der Waals surface area contributed by atoms with Crippen LogP contribution in [-0.2, 0) is 32.6 Å². The Bertz CT molecular complexity index is 1530. The van der Waals surface area contributed by atoms with Crippen molar-refractivity contribution in [2.45, 2.75) is 24.0 Å². The number of benzene rings is 4. The van der Waals surface area contributed by atoms with Crippen molar-refractivity contribution in [1.82, 2.24) is 5.32 Å². The van der Waals surface area contributed by atoms with Gasteiger partial charge in [-0.15, -0.1) is 0 Å². The summed E-state index contributed by atoms with van der Waals surface area (Å²) >= 11 is 0. The molecule has 2 amide bonds. The Morgan fingerprint density at radius 2 is 1.44 bits per heavy atom. The molecule has 0 fully saturated rings. The Balaban J connectivity index is 1.47. The topological polar surface area (TPSA) is 114 Å². The highest BCUT2D eigenvalue weighted by atomic mass is 32.2. The number of hydrogen-bond donors (Lipinski definition) is 3. The number of rotatable bonds is 10. The first kappa shape index (κ1) is 27.3. The number of carbonyl (C=O) groups excluding carboxylic acids is 2. The van der Waals surface area contributed by atoms with Crippen LogP contribution < -0.4 is 15.4 Å². The molecule has 0 radical (unpaired) electrons. The third kappa shape index (κ3) is 7.89. The monoisotopic (exact) mass is 547 g/mol. The molecule has 200 valence electrons. The van der Waals surface area contributed by atoms with Gasteiger partial charge in [0.2, 0.25) is 5.91 Å². The number of anilines is 2. The number of amides is 2. The Morgan fingerprint density at radius 1 is 0.795 bits per heavy atom. The molecule has 4 rings (SSSR count). The average Bonchev–Trinajstić information content (AvgIpc) is 2.94. The SMILES string of the molecule is O=C(NC(Cc1ccccc1)C(=O)Nc1cccc(S(=O)(=O)Nc2ccccc2F)c1)OCc1ccccc1. The summed E-state index contributed by atoms with van der Waals surface area (Å²) in [4.78, 5) is 25.6. The van der Waals surface area contributed by atoms with E-state index in [1.807, 2.05) is 60.7 Å². The van der Waals surface area contributed by atoms with Gasteiger partial charge in [0.25, 0.3) is 10.0 Å². The maximum Gasteiger partial charge on any atom is 0.408 e. The van der Waals surface area contributed by atoms with Crippen molar-refractivity contribution in [3.63, 3.8) is 0 Å². The van der Waals surface area contributed by atoms with Gasteiger partial charge in [0, 0.05) is 12.1 Å². The molecular weight excluding hydrogens is 521 g/mol. The Hall–Kier alpha value is -4.70. The molecule has 8 nitrogen and oxygen atoms in total. The Morgan fingerprint density at radius 3 is 2.13 bits per heavy atom. The quantitative estimate of drug-likeness (QED) is 0.256. The predicted octanol–water partition coefficient (Wildman–Crippen LogP) is 5.10. The summed E-state index contributed by atoms with van der Waals surface area (Å²) < 4.78 is 47.1. The van der Waals surface area contributed by atoms with Crippen molar-refractivity contribution in [1.29, 1.82) is 0 Å². The summed E-state index contributed by atoms with van der Waals surface area (Å²) in [6.45, 7) is 0.0290. The fraction of sp³-hybridized carbons (Fsp3) is 0.103. The van der Waals surface area contributed by atoms with Crippen molar-refractivity contribution in [2.24, 2.45) is 0 Å². The standard InChI is InChI=1S/C29H26FN3O5S/c30-25-16-7-8-17-26(25)33-39(36,37)24-15-9-14-23(19-24)31-28(34)27(18-21-10-3-1-4-11-21)32-29(35)38-20-22-12-5-2-6-13-22/h1-17,19,27,33H,18,20H2,(H,31,34)(H,32,35). The molecule has 0 aliphatic rings. The largest absolute Gasteiger partial charge is 0.445 e. The highest BCUT2D eigenvalue weighted by Crippen LogP contribution is 2.21. The second kappa shape index (κ2) is 12.7. The van der Waals surface area contributed by atoms with Gasteiger partial charge in [-0.3, -0.25) is 9.52 Å². The molecule has 1 unspecified atom stereocenters. The van der Waals surface area contributed by atoms with Crippen molar-refractivity contribution >= 4 is 33.4 Å². The molecule has 0 saturated carbocycles. The third-order valence-electron chi connectivity index (χ3n) is 5.63. The molecule has 0 spiro atoms. The molecule has 10 heteroatoms. The Kier molecular flexibility index (Phi) is 8.90. The zero-order valence-corrected chi connectivity index (χ0v) is 21.5. The lowest BCUT2D eigenvalue weighted by molar-refractivity contribution is -0.118. The van der Waals surface area contributed by atoms with Crippen molar-refractivity contribution in [3.8, 4) is 0 Å². The first-order chi connectivity index (χ1) is 18.8. The lowest BCUT2D eigenvalue weighted by Gasteiger charge is -2.19. The summed E-state index contributed by atoms with van der Waals surface area (Å²) in [5, 5.41) is 5.25. The van der Waals surface area contributed by atoms with E-state index in [1.165, 1.54) is 42.5 Å². The van der Waals surface area contributed by atoms with Crippen LogP contribution in [0.15, 0.2) is 114 Å². The van der Waals surface area contributed by atoms with Gasteiger partial charge in [0.05, 0.1) is 10.6 Å². The minimum atomic E-state index is -4.15. The molecule has 3 N–H and O–H groups in total. The van der Waals surface area contributed by atoms with Crippen LogP contribution in [0.5, 0.6) is 0 Å². The fourth-order valence-electron chi connectivity index (χ4n) is 3.68. The molecule has 0 bridgehead atoms. The van der Waals surface area contributed by atoms with E-state index in [0.29, 0.717) is 0 Å². The first-order valence-corrected chi connectivity index (χ1v) is 13.5. The van der Waals surface area contributed by atoms with Gasteiger partial charge in [-0.1, -0.05) is 78.9 Å². The number of hydrogen-bond acceptors (Lipinski definition) is 5. The number of para-hydroxylation sites is 1. The highest BCUT2D eigenvalue weighted by Gasteiger charge is 2.23. The predicted molar refractivity (Wildman–Crippen MR) is 146 cm³/mol. The van der Waals surface area contributed by atoms with Crippen molar-refractivity contribution in [3.05, 3.63) is 126 Å². The summed E-state index contributed by atoms with van der Waals surface area (Å²) in [6.07, 6.45) is -0.611. The molecule has 0 aromatic heterocycles. The average molecular weight is 548 g/mol. The zero-order chi connectivity index (χ0) is 27.7. The van der Waals surface area contributed by atoms with E-state index in [2.05, 4.69) is 15.4 Å². The van der Waals surface area contributed by atoms with E-state index in [0.717, 1.165) is 17.2 Å². The van der Waals surface area contributed by atoms with Crippen molar-refractivity contribution < 1.29 is 27.1 Å². The lowest BCUT2D eigenvalue weighted by atomic mass is 10.1. The molecule has 4 aromatic rings. The van der Waals surface area contributed by atoms with Gasteiger partial charge in [0.15, 0.2) is 0 Å². The van der Waals surface area contributed by atoms with Gasteiger partial charge < -0.3 is 15.4 Å². The van der Waals surface area contributed by atoms with Gasteiger partial charge in [-0.05, 0) is 41.5 Å². The second-order valence-corrected chi connectivity index (χ2v) is 10.2. The zero-order valence-electron chi connectivity index (χ0n) is 20.7. The minimum absolute atomic E-state index is 0.0290. The summed E-state index contributed by atoms with van der Waals surface area (Å²) in [5.74, 6) is -1.30. The maximum absolute atomic E-state index is 14.0. The summed E-state index contributed by atoms with van der Waals surface area (Å²) in [7, 11) is -4.15. The molecule has 39 heavy (non-hydrogen) atoms. The van der Waals surface area contributed by atoms with Crippen LogP contribution in [0.3, 0.4) is 0 Å². The number of nitrogens with one attached hydrogen (secondary N) is 3. The molecule has 1 atom stereocenters. The van der Waals surface area contributed by atoms with Crippen LogP contribution >= 0.6 is 0 Å². The van der Waals surface area contributed by atoms with Gasteiger partial charge >= 0.3 is 6.09 Å². The lowest BCUT2D eigenvalue weighted by Crippen LogP contribution is -2.45. The third-order valence-corrected chi connectivity index (χ3v) is 7.00. The van der Waals surface area contributed by atoms with Crippen LogP contribution in [0.1, 0.15) is 11.1 Å². The van der Waals surface area contributed by atoms with Crippen LogP contribution in [-0.4, -0.2) is 26.5 Å². The van der Waals surface area contributed by atoms with Crippen LogP contribution in [0.4, 0.5) is 20.6 Å². The highest BCUT2D eigenvalue weighted by molar-refractivity contribution is 7.92. The van der Waals surface area contributed by atoms with E-state index < -0.39 is 33.9 Å². The number of sulfonamides is 1. The maximum atomic E-state index is 14.0. The van der Waals surface area contributed by atoms with Crippen LogP contribution in [0.25, 0.3) is 0 Å². The van der Waals surface area contributed by atoms with E-state index in [1.54, 1.807) is 0 Å². The smallest absolute Gasteiger partial charge is 0.408 e. The molecule has 0 heterocycles. The van der Waals surface area contributed by atoms with Gasteiger partial charge in [0.1, 0.15) is 18.5 Å². The van der Waals surface area contributed by atoms with E-state index >= 15 is 0 Å². The molecule has 0 saturated heterocycles. The Labute approximate surface area is 225 Å². The molecule has 4 aromatic carbocycles. The van der Waals surface area contributed by atoms with Gasteiger partial charge in [-0.2, -0.15) is 0 Å². The van der Waals surface area contributed by atoms with E-state index in [9.17, 15) is 22.4 Å². The number of ether oxygens (including phenoxy) is 1. The summed E-state index contributed by atoms with van der Waals surface area (Å²) in [5.41, 5.74) is 1.56. The fourth-order valence-corrected chi connectivity index (χ4v) is 4.80. The second-order valence-electron chi connectivity index (χ2n) is 8.55. The molecule has 0 aliphatic heterocycles. The van der Waals surface area contributed by atoms with Crippen LogP contribution in [0.2, 0.25) is 0 Å². The summed E-state index contributed by atoms with van der Waals surface area (Å²) in [6, 6.07) is 28.1. The number of carbonyl (C=O) groups is 2. The van der Waals surface area contributed by atoms with Crippen molar-refractivity contribution in [2.75, 3.05) is 10.0 Å². The van der Waals surface area contributed by atoms with E-state index in [-0.39, 0.29) is 29.3 Å². The molecule has 0 aliphatic carbocycles. The normalized spacial score (nSPS) is 11.7. The van der Waals surface area contributed by atoms with Crippen LogP contribution in [0, 0.1) is 5.82 Å². The first-order valence-electron chi connectivity index (χ1n) is 12.0.